The summed E-state index contributed by atoms with van der Waals surface area (Å²) in [4.78, 5) is 11.1. The molecule has 4 heteroatoms. The van der Waals surface area contributed by atoms with Gasteiger partial charge < -0.3 is 0 Å². The Morgan fingerprint density at radius 2 is 2.45 bits per heavy atom. The van der Waals surface area contributed by atoms with Gasteiger partial charge >= 0.3 is 0 Å². The van der Waals surface area contributed by atoms with E-state index in [0.29, 0.717) is 6.54 Å². The second-order valence-corrected chi connectivity index (χ2v) is 3.48. The summed E-state index contributed by atoms with van der Waals surface area (Å²) in [7, 11) is 0. The molecule has 0 unspecified atom stereocenters. The Bertz CT molecular complexity index is 295. The fourth-order valence-corrected chi connectivity index (χ4v) is 1.18. The van der Waals surface area contributed by atoms with Gasteiger partial charge in [-0.15, -0.1) is 0 Å². The van der Waals surface area contributed by atoms with Crippen LogP contribution in [0.3, 0.4) is 0 Å². The third kappa shape index (κ3) is 2.28. The van der Waals surface area contributed by atoms with E-state index in [1.54, 1.807) is 12.3 Å². The van der Waals surface area contributed by atoms with Crippen molar-refractivity contribution in [1.29, 1.82) is 0 Å². The number of aryl methyl sites for hydroxylation is 1. The Kier molecular flexibility index (Phi) is 3.04. The highest BCUT2D eigenvalue weighted by atomic mass is 127. The fourth-order valence-electron chi connectivity index (χ4n) is 0.791. The molecule has 0 atom stereocenters. The lowest BCUT2D eigenvalue weighted by Gasteiger charge is -1.99. The average molecular weight is 264 g/mol. The van der Waals surface area contributed by atoms with Gasteiger partial charge in [0.05, 0.1) is 6.20 Å². The van der Waals surface area contributed by atoms with Crippen LogP contribution >= 0.6 is 22.6 Å². The molecule has 60 valence electrons. The highest BCUT2D eigenvalue weighted by molar-refractivity contribution is 14.1. The minimum absolute atomic E-state index is 0.0150. The van der Waals surface area contributed by atoms with Gasteiger partial charge in [0.25, 0.3) is 5.56 Å². The van der Waals surface area contributed by atoms with Crippen molar-refractivity contribution >= 4 is 22.6 Å². The third-order valence-corrected chi connectivity index (χ3v) is 1.86. The molecule has 0 aliphatic carbocycles. The first kappa shape index (κ1) is 8.70. The van der Waals surface area contributed by atoms with E-state index in [2.05, 4.69) is 27.7 Å². The highest BCUT2D eigenvalue weighted by Crippen LogP contribution is 1.95. The van der Waals surface area contributed by atoms with Crippen molar-refractivity contribution in [1.82, 2.24) is 9.78 Å². The Hall–Kier alpha value is -0.390. The average Bonchev–Trinajstić information content (AvgIpc) is 1.95. The zero-order valence-corrected chi connectivity index (χ0v) is 8.41. The number of nitrogens with zero attached hydrogens (tertiary/aromatic N) is 2. The standard InChI is InChI=1S/C7H9IN2O/c1-2-3-10-7(11)4-6(8)5-9-10/h4-5H,2-3H2,1H3. The van der Waals surface area contributed by atoms with Gasteiger partial charge in [-0.2, -0.15) is 5.10 Å². The van der Waals surface area contributed by atoms with Crippen LogP contribution in [-0.4, -0.2) is 9.78 Å². The Morgan fingerprint density at radius 3 is 3.00 bits per heavy atom. The molecular formula is C7H9IN2O. The Balaban J connectivity index is 3.00. The maximum Gasteiger partial charge on any atom is 0.267 e. The van der Waals surface area contributed by atoms with Gasteiger partial charge in [-0.3, -0.25) is 4.79 Å². The molecule has 1 heterocycles. The molecule has 0 bridgehead atoms. The maximum absolute atomic E-state index is 11.1. The molecule has 1 aromatic rings. The lowest BCUT2D eigenvalue weighted by molar-refractivity contribution is 0.566. The smallest absolute Gasteiger partial charge is 0.267 e. The van der Waals surface area contributed by atoms with Crippen molar-refractivity contribution in [3.05, 3.63) is 26.2 Å². The molecule has 0 aromatic carbocycles. The molecule has 0 amide bonds. The molecule has 0 aliphatic rings. The lowest BCUT2D eigenvalue weighted by Crippen LogP contribution is -2.21. The Labute approximate surface area is 78.6 Å². The van der Waals surface area contributed by atoms with Crippen LogP contribution in [0.25, 0.3) is 0 Å². The van der Waals surface area contributed by atoms with Crippen LogP contribution in [-0.2, 0) is 6.54 Å². The fraction of sp³-hybridized carbons (Fsp3) is 0.429. The Morgan fingerprint density at radius 1 is 1.73 bits per heavy atom. The lowest BCUT2D eigenvalue weighted by atomic mass is 10.5. The van der Waals surface area contributed by atoms with E-state index < -0.39 is 0 Å². The van der Waals surface area contributed by atoms with Crippen molar-refractivity contribution in [2.45, 2.75) is 19.9 Å². The van der Waals surface area contributed by atoms with Gasteiger partial charge in [-0.25, -0.2) is 4.68 Å². The van der Waals surface area contributed by atoms with E-state index in [1.165, 1.54) is 4.68 Å². The number of aromatic nitrogens is 2. The van der Waals surface area contributed by atoms with Gasteiger partial charge in [0.2, 0.25) is 0 Å². The third-order valence-electron chi connectivity index (χ3n) is 1.27. The van der Waals surface area contributed by atoms with Crippen LogP contribution in [0, 0.1) is 3.57 Å². The van der Waals surface area contributed by atoms with Gasteiger partial charge in [0.15, 0.2) is 0 Å². The molecule has 0 spiro atoms. The molecule has 1 rings (SSSR count). The minimum Gasteiger partial charge on any atom is -0.268 e. The van der Waals surface area contributed by atoms with Crippen molar-refractivity contribution in [2.75, 3.05) is 0 Å². The molecule has 1 aromatic heterocycles. The summed E-state index contributed by atoms with van der Waals surface area (Å²) in [5.41, 5.74) is -0.0150. The molecule has 0 saturated heterocycles. The first-order chi connectivity index (χ1) is 5.24. The normalized spacial score (nSPS) is 10.0. The molecule has 0 N–H and O–H groups in total. The monoisotopic (exact) mass is 264 g/mol. The van der Waals surface area contributed by atoms with Crippen LogP contribution in [0.4, 0.5) is 0 Å². The largest absolute Gasteiger partial charge is 0.268 e. The van der Waals surface area contributed by atoms with Crippen LogP contribution in [0.5, 0.6) is 0 Å². The summed E-state index contributed by atoms with van der Waals surface area (Å²) in [5, 5.41) is 3.96. The van der Waals surface area contributed by atoms with Crippen LogP contribution in [0.1, 0.15) is 13.3 Å². The topological polar surface area (TPSA) is 34.9 Å². The second kappa shape index (κ2) is 3.85. The molecule has 0 radical (unpaired) electrons. The van der Waals surface area contributed by atoms with Crippen LogP contribution in [0.2, 0.25) is 0 Å². The summed E-state index contributed by atoms with van der Waals surface area (Å²) in [6.07, 6.45) is 2.63. The zero-order valence-electron chi connectivity index (χ0n) is 6.25. The molecule has 0 saturated carbocycles. The number of rotatable bonds is 2. The maximum atomic E-state index is 11.1. The molecule has 0 aliphatic heterocycles. The predicted molar refractivity (Wildman–Crippen MR) is 51.5 cm³/mol. The molecule has 3 nitrogen and oxygen atoms in total. The van der Waals surface area contributed by atoms with E-state index >= 15 is 0 Å². The first-order valence-electron chi connectivity index (χ1n) is 3.46. The van der Waals surface area contributed by atoms with Crippen LogP contribution < -0.4 is 5.56 Å². The van der Waals surface area contributed by atoms with Crippen molar-refractivity contribution in [3.63, 3.8) is 0 Å². The molecule has 11 heavy (non-hydrogen) atoms. The first-order valence-corrected chi connectivity index (χ1v) is 4.54. The number of halogens is 1. The van der Waals surface area contributed by atoms with Crippen LogP contribution in [0.15, 0.2) is 17.1 Å². The van der Waals surface area contributed by atoms with Crippen molar-refractivity contribution in [3.8, 4) is 0 Å². The second-order valence-electron chi connectivity index (χ2n) is 2.24. The van der Waals surface area contributed by atoms with E-state index in [0.717, 1.165) is 9.99 Å². The van der Waals surface area contributed by atoms with Gasteiger partial charge in [-0.05, 0) is 29.0 Å². The summed E-state index contributed by atoms with van der Waals surface area (Å²) >= 11 is 2.07. The van der Waals surface area contributed by atoms with E-state index in [4.69, 9.17) is 0 Å². The SMILES string of the molecule is CCCn1ncc(I)cc1=O. The van der Waals surface area contributed by atoms with Crippen molar-refractivity contribution in [2.24, 2.45) is 0 Å². The number of hydrogen-bond acceptors (Lipinski definition) is 2. The highest BCUT2D eigenvalue weighted by Gasteiger charge is 1.94. The number of hydrogen-bond donors (Lipinski definition) is 0. The summed E-state index contributed by atoms with van der Waals surface area (Å²) < 4.78 is 2.36. The predicted octanol–water partition coefficient (Wildman–Crippen LogP) is 1.26. The van der Waals surface area contributed by atoms with Gasteiger partial charge in [-0.1, -0.05) is 6.92 Å². The minimum atomic E-state index is -0.0150. The van der Waals surface area contributed by atoms with E-state index in [1.807, 2.05) is 6.92 Å². The van der Waals surface area contributed by atoms with Crippen molar-refractivity contribution < 1.29 is 0 Å². The zero-order chi connectivity index (χ0) is 8.27. The quantitative estimate of drug-likeness (QED) is 0.754. The molecule has 0 fully saturated rings. The summed E-state index contributed by atoms with van der Waals surface area (Å²) in [5.74, 6) is 0. The van der Waals surface area contributed by atoms with Gasteiger partial charge in [0.1, 0.15) is 0 Å². The summed E-state index contributed by atoms with van der Waals surface area (Å²) in [6, 6.07) is 1.59. The van der Waals surface area contributed by atoms with Gasteiger partial charge in [0, 0.05) is 16.2 Å². The van der Waals surface area contributed by atoms with E-state index in [9.17, 15) is 4.79 Å². The summed E-state index contributed by atoms with van der Waals surface area (Å²) in [6.45, 7) is 2.72. The molecular weight excluding hydrogens is 255 g/mol. The van der Waals surface area contributed by atoms with E-state index in [-0.39, 0.29) is 5.56 Å².